The number of nitro groups is 2. The molecule has 1 saturated heterocycles. The van der Waals surface area contributed by atoms with Gasteiger partial charge in [-0.05, 0) is 12.1 Å². The summed E-state index contributed by atoms with van der Waals surface area (Å²) in [6, 6.07) is 7.39. The Labute approximate surface area is 170 Å². The number of hydrogen-bond acceptors (Lipinski definition) is 10. The van der Waals surface area contributed by atoms with E-state index in [9.17, 15) is 30.4 Å². The molecule has 0 atom stereocenters. The molecule has 0 bridgehead atoms. The highest BCUT2D eigenvalue weighted by molar-refractivity contribution is 5.84. The topological polar surface area (TPSA) is 158 Å². The number of hydrazone groups is 2. The quantitative estimate of drug-likeness (QED) is 0.412. The Morgan fingerprint density at radius 2 is 1.13 bits per heavy atom. The van der Waals surface area contributed by atoms with Gasteiger partial charge >= 0.3 is 0 Å². The van der Waals surface area contributed by atoms with Crippen molar-refractivity contribution in [1.82, 2.24) is 10.0 Å². The van der Waals surface area contributed by atoms with Gasteiger partial charge in [-0.15, -0.1) is 0 Å². The highest BCUT2D eigenvalue weighted by atomic mass is 16.6. The van der Waals surface area contributed by atoms with Gasteiger partial charge in [-0.3, -0.25) is 30.2 Å². The molecule has 12 heteroatoms. The van der Waals surface area contributed by atoms with Crippen molar-refractivity contribution < 1.29 is 20.1 Å². The van der Waals surface area contributed by atoms with Gasteiger partial charge in [0.05, 0.1) is 48.5 Å². The van der Waals surface area contributed by atoms with E-state index >= 15 is 0 Å². The van der Waals surface area contributed by atoms with E-state index in [4.69, 9.17) is 0 Å². The molecule has 156 valence electrons. The molecular formula is C18H18N6O6. The molecule has 0 spiro atoms. The molecule has 2 aromatic carbocycles. The Morgan fingerprint density at radius 1 is 0.767 bits per heavy atom. The zero-order chi connectivity index (χ0) is 21.7. The number of phenolic OH excluding ortho intramolecular Hbond substituents is 2. The number of nitro benzene ring substituents is 2. The van der Waals surface area contributed by atoms with E-state index in [0.29, 0.717) is 26.2 Å². The van der Waals surface area contributed by atoms with E-state index < -0.39 is 9.85 Å². The molecule has 12 nitrogen and oxygen atoms in total. The number of rotatable bonds is 6. The first-order valence-corrected chi connectivity index (χ1v) is 8.86. The van der Waals surface area contributed by atoms with E-state index in [-0.39, 0.29) is 34.0 Å². The zero-order valence-electron chi connectivity index (χ0n) is 15.7. The summed E-state index contributed by atoms with van der Waals surface area (Å²) in [5, 5.41) is 53.3. The first kappa shape index (κ1) is 20.5. The van der Waals surface area contributed by atoms with E-state index in [1.807, 2.05) is 0 Å². The van der Waals surface area contributed by atoms with E-state index in [1.54, 1.807) is 10.0 Å². The molecule has 1 heterocycles. The molecule has 1 aliphatic rings. The van der Waals surface area contributed by atoms with E-state index in [2.05, 4.69) is 10.2 Å². The maximum atomic E-state index is 10.8. The summed E-state index contributed by atoms with van der Waals surface area (Å²) >= 11 is 0. The van der Waals surface area contributed by atoms with Crippen molar-refractivity contribution in [3.8, 4) is 11.5 Å². The summed E-state index contributed by atoms with van der Waals surface area (Å²) in [6.07, 6.45) is 2.73. The van der Waals surface area contributed by atoms with Crippen LogP contribution in [-0.4, -0.2) is 68.7 Å². The van der Waals surface area contributed by atoms with Gasteiger partial charge < -0.3 is 10.2 Å². The first-order chi connectivity index (χ1) is 14.3. The Morgan fingerprint density at radius 3 is 1.47 bits per heavy atom. The van der Waals surface area contributed by atoms with Crippen LogP contribution in [-0.2, 0) is 0 Å². The fourth-order valence-electron chi connectivity index (χ4n) is 2.72. The smallest absolute Gasteiger partial charge is 0.270 e. The minimum Gasteiger partial charge on any atom is -0.507 e. The van der Waals surface area contributed by atoms with Crippen LogP contribution in [0, 0.1) is 20.2 Å². The van der Waals surface area contributed by atoms with Crippen molar-refractivity contribution in [3.05, 3.63) is 67.8 Å². The standard InChI is InChI=1S/C18H18N6O6/c25-17-3-1-15(23(27)28)9-13(17)11-19-21-5-7-22(8-6-21)20-12-14-10-16(24(29)30)2-4-18(14)26/h1-4,9-12,25-26H,5-8H2/b19-11-,20-12+. The molecule has 0 amide bonds. The molecule has 0 aromatic heterocycles. The third kappa shape index (κ3) is 4.98. The fraction of sp³-hybridized carbons (Fsp3) is 0.222. The number of benzene rings is 2. The third-order valence-corrected chi connectivity index (χ3v) is 4.40. The molecule has 2 aromatic rings. The largest absolute Gasteiger partial charge is 0.507 e. The first-order valence-electron chi connectivity index (χ1n) is 8.86. The van der Waals surface area contributed by atoms with Crippen LogP contribution in [0.2, 0.25) is 0 Å². The zero-order valence-corrected chi connectivity index (χ0v) is 15.7. The summed E-state index contributed by atoms with van der Waals surface area (Å²) in [6.45, 7) is 2.02. The van der Waals surface area contributed by atoms with Crippen LogP contribution in [0.15, 0.2) is 46.6 Å². The van der Waals surface area contributed by atoms with Crippen molar-refractivity contribution in [1.29, 1.82) is 0 Å². The molecular weight excluding hydrogens is 396 g/mol. The van der Waals surface area contributed by atoms with Gasteiger partial charge in [-0.25, -0.2) is 0 Å². The number of non-ortho nitro benzene ring substituents is 2. The van der Waals surface area contributed by atoms with Crippen molar-refractivity contribution in [3.63, 3.8) is 0 Å². The molecule has 30 heavy (non-hydrogen) atoms. The molecule has 0 radical (unpaired) electrons. The predicted octanol–water partition coefficient (Wildman–Crippen LogP) is 1.90. The summed E-state index contributed by atoms with van der Waals surface area (Å²) in [5.41, 5.74) is 0.201. The molecule has 0 aliphatic carbocycles. The molecule has 2 N–H and O–H groups in total. The number of piperazine rings is 1. The molecule has 1 fully saturated rings. The van der Waals surface area contributed by atoms with Gasteiger partial charge in [-0.2, -0.15) is 10.2 Å². The van der Waals surface area contributed by atoms with E-state index in [1.165, 1.54) is 48.8 Å². The van der Waals surface area contributed by atoms with E-state index in [0.717, 1.165) is 0 Å². The summed E-state index contributed by atoms with van der Waals surface area (Å²) in [5.74, 6) is -0.214. The highest BCUT2D eigenvalue weighted by Gasteiger charge is 2.15. The maximum Gasteiger partial charge on any atom is 0.270 e. The lowest BCUT2D eigenvalue weighted by Crippen LogP contribution is -2.41. The Kier molecular flexibility index (Phi) is 6.05. The Bertz CT molecular complexity index is 935. The third-order valence-electron chi connectivity index (χ3n) is 4.40. The van der Waals surface area contributed by atoms with Gasteiger partial charge in [0, 0.05) is 35.4 Å². The van der Waals surface area contributed by atoms with Gasteiger partial charge in [0.25, 0.3) is 11.4 Å². The second-order valence-electron chi connectivity index (χ2n) is 6.40. The van der Waals surface area contributed by atoms with Gasteiger partial charge in [0.15, 0.2) is 0 Å². The number of aromatic hydroxyl groups is 2. The normalized spacial score (nSPS) is 14.5. The van der Waals surface area contributed by atoms with Crippen molar-refractivity contribution in [2.24, 2.45) is 10.2 Å². The minimum absolute atomic E-state index is 0.107. The van der Waals surface area contributed by atoms with Gasteiger partial charge in [0.2, 0.25) is 0 Å². The van der Waals surface area contributed by atoms with Gasteiger partial charge in [-0.1, -0.05) is 0 Å². The number of nitrogens with zero attached hydrogens (tertiary/aromatic N) is 6. The number of hydrogen-bond donors (Lipinski definition) is 2. The molecule has 1 aliphatic heterocycles. The van der Waals surface area contributed by atoms with Crippen molar-refractivity contribution in [2.45, 2.75) is 0 Å². The number of phenols is 2. The SMILES string of the molecule is O=[N+]([O-])c1ccc(O)c(/C=N\N2CCN(/N=C/c3cc([N+](=O)[O-])ccc3O)CC2)c1. The predicted molar refractivity (Wildman–Crippen MR) is 108 cm³/mol. The molecule has 3 rings (SSSR count). The monoisotopic (exact) mass is 414 g/mol. The average molecular weight is 414 g/mol. The summed E-state index contributed by atoms with van der Waals surface area (Å²) in [7, 11) is 0. The van der Waals surface area contributed by atoms with Gasteiger partial charge in [0.1, 0.15) is 11.5 Å². The molecule has 0 saturated carbocycles. The van der Waals surface area contributed by atoms with Crippen LogP contribution in [0.25, 0.3) is 0 Å². The average Bonchev–Trinajstić information content (AvgIpc) is 2.73. The van der Waals surface area contributed by atoms with Crippen LogP contribution < -0.4 is 0 Å². The minimum atomic E-state index is -0.549. The lowest BCUT2D eigenvalue weighted by Gasteiger charge is -2.31. The Hall–Kier alpha value is -4.22. The fourth-order valence-corrected chi connectivity index (χ4v) is 2.72. The van der Waals surface area contributed by atoms with Crippen LogP contribution in [0.5, 0.6) is 11.5 Å². The maximum absolute atomic E-state index is 10.8. The summed E-state index contributed by atoms with van der Waals surface area (Å²) in [4.78, 5) is 20.6. The second kappa shape index (κ2) is 8.86. The lowest BCUT2D eigenvalue weighted by atomic mass is 10.2. The van der Waals surface area contributed by atoms with Crippen molar-refractivity contribution in [2.75, 3.05) is 26.2 Å². The molecule has 0 unspecified atom stereocenters. The van der Waals surface area contributed by atoms with Crippen LogP contribution in [0.4, 0.5) is 11.4 Å². The lowest BCUT2D eigenvalue weighted by molar-refractivity contribution is -0.385. The van der Waals surface area contributed by atoms with Crippen LogP contribution >= 0.6 is 0 Å². The van der Waals surface area contributed by atoms with Crippen molar-refractivity contribution >= 4 is 23.8 Å². The van der Waals surface area contributed by atoms with Crippen LogP contribution in [0.3, 0.4) is 0 Å². The second-order valence-corrected chi connectivity index (χ2v) is 6.40. The summed E-state index contributed by atoms with van der Waals surface area (Å²) < 4.78 is 0. The highest BCUT2D eigenvalue weighted by Crippen LogP contribution is 2.22. The Balaban J connectivity index is 1.59. The van der Waals surface area contributed by atoms with Crippen LogP contribution in [0.1, 0.15) is 11.1 Å².